The summed E-state index contributed by atoms with van der Waals surface area (Å²) in [5.41, 5.74) is 0.172. The smallest absolute Gasteiger partial charge is 0.271 e. The number of carbonyl (C=O) groups is 1. The molecule has 1 N–H and O–H groups in total. The van der Waals surface area contributed by atoms with Crippen molar-refractivity contribution in [3.05, 3.63) is 28.0 Å². The van der Waals surface area contributed by atoms with Crippen LogP contribution >= 0.6 is 23.2 Å². The van der Waals surface area contributed by atoms with E-state index in [1.54, 1.807) is 12.1 Å². The summed E-state index contributed by atoms with van der Waals surface area (Å²) >= 11 is 11.6. The molecule has 17 heavy (non-hydrogen) atoms. The van der Waals surface area contributed by atoms with Gasteiger partial charge in [0.1, 0.15) is 10.8 Å². The molecular weight excluding hydrogens is 263 g/mol. The van der Waals surface area contributed by atoms with Gasteiger partial charge in [0.15, 0.2) is 0 Å². The second kappa shape index (κ2) is 5.67. The molecule has 2 rings (SSSR count). The highest BCUT2D eigenvalue weighted by Gasteiger charge is 2.19. The molecule has 0 spiro atoms. The Bertz CT molecular complexity index is 420. The first kappa shape index (κ1) is 12.6. The summed E-state index contributed by atoms with van der Waals surface area (Å²) in [6.07, 6.45) is 1.62. The van der Waals surface area contributed by atoms with E-state index >= 15 is 0 Å². The van der Waals surface area contributed by atoms with Gasteiger partial charge in [-0.05, 0) is 25.0 Å². The molecule has 1 aromatic heterocycles. The molecule has 0 aromatic carbocycles. The van der Waals surface area contributed by atoms with Crippen molar-refractivity contribution in [3.8, 4) is 0 Å². The molecule has 0 atom stereocenters. The van der Waals surface area contributed by atoms with Crippen LogP contribution in [0.1, 0.15) is 23.3 Å². The predicted molar refractivity (Wildman–Crippen MR) is 65.6 cm³/mol. The lowest BCUT2D eigenvalue weighted by Gasteiger charge is -2.23. The fraction of sp³-hybridized carbons (Fsp3) is 0.455. The monoisotopic (exact) mass is 274 g/mol. The van der Waals surface area contributed by atoms with Gasteiger partial charge in [-0.15, -0.1) is 0 Å². The molecule has 1 aliphatic heterocycles. The zero-order chi connectivity index (χ0) is 12.3. The third-order valence-electron chi connectivity index (χ3n) is 2.58. The predicted octanol–water partition coefficient (Wildman–Crippen LogP) is 2.30. The third-order valence-corrected chi connectivity index (χ3v) is 3.10. The molecule has 1 aromatic rings. The fourth-order valence-electron chi connectivity index (χ4n) is 1.67. The summed E-state index contributed by atoms with van der Waals surface area (Å²) in [4.78, 5) is 15.9. The number of carbonyl (C=O) groups excluding carboxylic acids is 1. The highest BCUT2D eigenvalue weighted by Crippen LogP contribution is 2.17. The van der Waals surface area contributed by atoms with Gasteiger partial charge >= 0.3 is 0 Å². The Morgan fingerprint density at radius 2 is 2.06 bits per heavy atom. The lowest BCUT2D eigenvalue weighted by molar-refractivity contribution is 0.0694. The lowest BCUT2D eigenvalue weighted by Crippen LogP contribution is -2.39. The van der Waals surface area contributed by atoms with Crippen molar-refractivity contribution in [1.82, 2.24) is 10.3 Å². The van der Waals surface area contributed by atoms with E-state index in [1.807, 2.05) is 0 Å². The van der Waals surface area contributed by atoms with Gasteiger partial charge in [-0.1, -0.05) is 23.2 Å². The molecule has 1 amide bonds. The van der Waals surface area contributed by atoms with Crippen LogP contribution < -0.4 is 5.32 Å². The van der Waals surface area contributed by atoms with Gasteiger partial charge in [0.05, 0.1) is 5.02 Å². The van der Waals surface area contributed by atoms with E-state index in [0.29, 0.717) is 18.2 Å². The van der Waals surface area contributed by atoms with E-state index in [2.05, 4.69) is 10.3 Å². The summed E-state index contributed by atoms with van der Waals surface area (Å²) in [5.74, 6) is -0.288. The van der Waals surface area contributed by atoms with Gasteiger partial charge < -0.3 is 10.1 Å². The number of aromatic nitrogens is 1. The lowest BCUT2D eigenvalue weighted by atomic mass is 10.1. The molecule has 0 saturated carbocycles. The van der Waals surface area contributed by atoms with Crippen LogP contribution in [0.4, 0.5) is 0 Å². The maximum absolute atomic E-state index is 11.9. The molecular formula is C11H12Cl2N2O2. The van der Waals surface area contributed by atoms with E-state index in [9.17, 15) is 4.79 Å². The topological polar surface area (TPSA) is 51.2 Å². The van der Waals surface area contributed by atoms with E-state index in [1.165, 1.54) is 0 Å². The van der Waals surface area contributed by atoms with Crippen molar-refractivity contribution in [2.45, 2.75) is 18.9 Å². The molecule has 0 aliphatic carbocycles. The maximum Gasteiger partial charge on any atom is 0.271 e. The van der Waals surface area contributed by atoms with Gasteiger partial charge in [-0.25, -0.2) is 4.98 Å². The van der Waals surface area contributed by atoms with Crippen molar-refractivity contribution in [3.63, 3.8) is 0 Å². The van der Waals surface area contributed by atoms with Crippen molar-refractivity contribution in [1.29, 1.82) is 0 Å². The molecule has 6 heteroatoms. The van der Waals surface area contributed by atoms with E-state index in [4.69, 9.17) is 27.9 Å². The fourth-order valence-corrected chi connectivity index (χ4v) is 2.01. The largest absolute Gasteiger partial charge is 0.381 e. The van der Waals surface area contributed by atoms with Gasteiger partial charge in [0, 0.05) is 19.3 Å². The van der Waals surface area contributed by atoms with Gasteiger partial charge in [0.25, 0.3) is 5.91 Å². The molecule has 0 unspecified atom stereocenters. The highest BCUT2D eigenvalue weighted by molar-refractivity contribution is 6.34. The first-order chi connectivity index (χ1) is 8.16. The third kappa shape index (κ3) is 3.31. The van der Waals surface area contributed by atoms with E-state index in [0.717, 1.165) is 12.8 Å². The van der Waals surface area contributed by atoms with E-state index in [-0.39, 0.29) is 22.8 Å². The van der Waals surface area contributed by atoms with Gasteiger partial charge in [-0.2, -0.15) is 0 Å². The Hall–Kier alpha value is -0.840. The Balaban J connectivity index is 2.05. The molecule has 0 radical (unpaired) electrons. The standard InChI is InChI=1S/C11H12Cl2N2O2/c12-8-1-2-9(13)15-10(8)11(16)14-7-3-5-17-6-4-7/h1-2,7H,3-6H2,(H,14,16). The quantitative estimate of drug-likeness (QED) is 0.842. The molecule has 0 bridgehead atoms. The van der Waals surface area contributed by atoms with Gasteiger partial charge in [0.2, 0.25) is 0 Å². The molecule has 1 saturated heterocycles. The summed E-state index contributed by atoms with van der Waals surface area (Å²) < 4.78 is 5.22. The SMILES string of the molecule is O=C(NC1CCOCC1)c1nc(Cl)ccc1Cl. The average Bonchev–Trinajstić information content (AvgIpc) is 2.33. The van der Waals surface area contributed by atoms with Crippen LogP contribution in [0.3, 0.4) is 0 Å². The number of nitrogens with zero attached hydrogens (tertiary/aromatic N) is 1. The number of ether oxygens (including phenoxy) is 1. The zero-order valence-electron chi connectivity index (χ0n) is 9.08. The second-order valence-electron chi connectivity index (χ2n) is 3.82. The minimum Gasteiger partial charge on any atom is -0.381 e. The Morgan fingerprint density at radius 1 is 1.35 bits per heavy atom. The number of amides is 1. The van der Waals surface area contributed by atoms with Crippen LogP contribution in [-0.2, 0) is 4.74 Å². The molecule has 1 aliphatic rings. The Morgan fingerprint density at radius 3 is 2.76 bits per heavy atom. The molecule has 1 fully saturated rings. The number of halogens is 2. The normalized spacial score (nSPS) is 16.8. The van der Waals surface area contributed by atoms with Crippen molar-refractivity contribution >= 4 is 29.1 Å². The van der Waals surface area contributed by atoms with Crippen LogP contribution in [0.15, 0.2) is 12.1 Å². The number of hydrogen-bond acceptors (Lipinski definition) is 3. The number of nitrogens with one attached hydrogen (secondary N) is 1. The number of pyridine rings is 1. The Labute approximate surface area is 109 Å². The first-order valence-electron chi connectivity index (χ1n) is 5.37. The van der Waals surface area contributed by atoms with Crippen molar-refractivity contribution in [2.24, 2.45) is 0 Å². The zero-order valence-corrected chi connectivity index (χ0v) is 10.6. The van der Waals surface area contributed by atoms with Crippen LogP contribution in [0.25, 0.3) is 0 Å². The van der Waals surface area contributed by atoms with Gasteiger partial charge in [-0.3, -0.25) is 4.79 Å². The van der Waals surface area contributed by atoms with Crippen LogP contribution in [0, 0.1) is 0 Å². The average molecular weight is 275 g/mol. The van der Waals surface area contributed by atoms with Crippen LogP contribution in [0.2, 0.25) is 10.2 Å². The minimum atomic E-state index is -0.288. The van der Waals surface area contributed by atoms with Crippen molar-refractivity contribution in [2.75, 3.05) is 13.2 Å². The summed E-state index contributed by atoms with van der Waals surface area (Å²) in [5, 5.41) is 3.44. The molecule has 2 heterocycles. The Kier molecular flexibility index (Phi) is 4.20. The van der Waals surface area contributed by atoms with E-state index < -0.39 is 0 Å². The van der Waals surface area contributed by atoms with Crippen LogP contribution in [-0.4, -0.2) is 30.1 Å². The number of rotatable bonds is 2. The first-order valence-corrected chi connectivity index (χ1v) is 6.13. The summed E-state index contributed by atoms with van der Waals surface area (Å²) in [6, 6.07) is 3.23. The highest BCUT2D eigenvalue weighted by atomic mass is 35.5. The second-order valence-corrected chi connectivity index (χ2v) is 4.62. The van der Waals surface area contributed by atoms with Crippen molar-refractivity contribution < 1.29 is 9.53 Å². The summed E-state index contributed by atoms with van der Waals surface area (Å²) in [7, 11) is 0. The van der Waals surface area contributed by atoms with Crippen LogP contribution in [0.5, 0.6) is 0 Å². The molecule has 92 valence electrons. The summed E-state index contributed by atoms with van der Waals surface area (Å²) in [6.45, 7) is 1.34. The number of hydrogen-bond donors (Lipinski definition) is 1. The maximum atomic E-state index is 11.9. The minimum absolute atomic E-state index is 0.119. The molecule has 4 nitrogen and oxygen atoms in total.